The van der Waals surface area contributed by atoms with Crippen LogP contribution in [0.3, 0.4) is 0 Å². The van der Waals surface area contributed by atoms with Crippen molar-refractivity contribution < 1.29 is 9.90 Å². The monoisotopic (exact) mass is 288 g/mol. The van der Waals surface area contributed by atoms with Gasteiger partial charge in [-0.3, -0.25) is 4.79 Å². The molecule has 0 unspecified atom stereocenters. The molecule has 0 bridgehead atoms. The second-order valence-corrected chi connectivity index (χ2v) is 5.16. The fraction of sp³-hybridized carbons (Fsp3) is 0.417. The predicted octanol–water partition coefficient (Wildman–Crippen LogP) is 2.10. The van der Waals surface area contributed by atoms with Gasteiger partial charge in [0.2, 0.25) is 5.91 Å². The average Bonchev–Trinajstić information content (AvgIpc) is 2.21. The van der Waals surface area contributed by atoms with E-state index in [4.69, 9.17) is 23.2 Å². The van der Waals surface area contributed by atoms with E-state index in [0.717, 1.165) is 0 Å². The van der Waals surface area contributed by atoms with Crippen molar-refractivity contribution in [1.82, 2.24) is 10.6 Å². The van der Waals surface area contributed by atoms with E-state index >= 15 is 0 Å². The van der Waals surface area contributed by atoms with E-state index in [0.29, 0.717) is 23.7 Å². The Morgan fingerprint density at radius 1 is 1.50 bits per heavy atom. The summed E-state index contributed by atoms with van der Waals surface area (Å²) >= 11 is 12.0. The first-order chi connectivity index (χ1) is 8.50. The van der Waals surface area contributed by atoms with Crippen LogP contribution in [0.25, 0.3) is 0 Å². The number of amides is 1. The fourth-order valence-electron chi connectivity index (χ4n) is 1.85. The summed E-state index contributed by atoms with van der Waals surface area (Å²) in [6, 6.07) is 2.61. The summed E-state index contributed by atoms with van der Waals surface area (Å²) < 4.78 is 0. The molecule has 0 spiro atoms. The van der Waals surface area contributed by atoms with Crippen LogP contribution in [0, 0.1) is 5.92 Å². The van der Waals surface area contributed by atoms with E-state index in [1.54, 1.807) is 6.92 Å². The van der Waals surface area contributed by atoms with Crippen LogP contribution in [0.2, 0.25) is 10.0 Å². The van der Waals surface area contributed by atoms with Crippen molar-refractivity contribution >= 4 is 29.1 Å². The molecule has 3 N–H and O–H groups in total. The van der Waals surface area contributed by atoms with Crippen LogP contribution in [0.4, 0.5) is 0 Å². The third kappa shape index (κ3) is 2.55. The Kier molecular flexibility index (Phi) is 4.00. The zero-order chi connectivity index (χ0) is 13.3. The Labute approximate surface area is 115 Å². The highest BCUT2D eigenvalue weighted by Gasteiger charge is 2.27. The third-order valence-electron chi connectivity index (χ3n) is 3.05. The standard InChI is InChI=1S/C12H14Cl2N2O2/c1-6(16-12(18)7-4-15-5-7)10-9(17)3-2-8(13)11(10)14/h2-3,6-7,15,17H,4-5H2,1H3,(H,16,18)/t6-/m1/s1. The normalized spacial score (nSPS) is 17.1. The van der Waals surface area contributed by atoms with Crippen molar-refractivity contribution in [2.45, 2.75) is 13.0 Å². The number of hydrogen-bond acceptors (Lipinski definition) is 3. The summed E-state index contributed by atoms with van der Waals surface area (Å²) in [6.45, 7) is 3.14. The highest BCUT2D eigenvalue weighted by Crippen LogP contribution is 2.36. The van der Waals surface area contributed by atoms with Gasteiger partial charge in [0.15, 0.2) is 0 Å². The first-order valence-corrected chi connectivity index (χ1v) is 6.44. The van der Waals surface area contributed by atoms with Crippen LogP contribution in [-0.2, 0) is 4.79 Å². The zero-order valence-corrected chi connectivity index (χ0v) is 11.3. The molecular formula is C12H14Cl2N2O2. The molecule has 1 aromatic carbocycles. The first kappa shape index (κ1) is 13.5. The molecule has 1 heterocycles. The number of hydrogen-bond donors (Lipinski definition) is 3. The van der Waals surface area contributed by atoms with E-state index in [-0.39, 0.29) is 28.6 Å². The Hall–Kier alpha value is -0.970. The summed E-state index contributed by atoms with van der Waals surface area (Å²) in [7, 11) is 0. The highest BCUT2D eigenvalue weighted by molar-refractivity contribution is 6.42. The lowest BCUT2D eigenvalue weighted by Gasteiger charge is -2.28. The smallest absolute Gasteiger partial charge is 0.226 e. The second-order valence-electron chi connectivity index (χ2n) is 4.38. The number of rotatable bonds is 3. The molecule has 2 rings (SSSR count). The van der Waals surface area contributed by atoms with Gasteiger partial charge in [-0.1, -0.05) is 23.2 Å². The summed E-state index contributed by atoms with van der Waals surface area (Å²) in [6.07, 6.45) is 0. The van der Waals surface area contributed by atoms with E-state index in [9.17, 15) is 9.90 Å². The van der Waals surface area contributed by atoms with Gasteiger partial charge in [0.25, 0.3) is 0 Å². The molecular weight excluding hydrogens is 275 g/mol. The molecule has 1 amide bonds. The minimum Gasteiger partial charge on any atom is -0.508 e. The Balaban J connectivity index is 2.15. The molecule has 6 heteroatoms. The SMILES string of the molecule is C[C@@H](NC(=O)C1CNC1)c1c(O)ccc(Cl)c1Cl. The van der Waals surface area contributed by atoms with Crippen LogP contribution in [-0.4, -0.2) is 24.1 Å². The first-order valence-electron chi connectivity index (χ1n) is 5.68. The van der Waals surface area contributed by atoms with Gasteiger partial charge in [-0.05, 0) is 19.1 Å². The third-order valence-corrected chi connectivity index (χ3v) is 3.87. The molecule has 0 saturated carbocycles. The van der Waals surface area contributed by atoms with E-state index in [1.165, 1.54) is 12.1 Å². The molecule has 1 aliphatic rings. The van der Waals surface area contributed by atoms with Crippen LogP contribution < -0.4 is 10.6 Å². The van der Waals surface area contributed by atoms with Gasteiger partial charge < -0.3 is 15.7 Å². The minimum absolute atomic E-state index is 0.00690. The molecule has 1 fully saturated rings. The van der Waals surface area contributed by atoms with Gasteiger partial charge in [-0.25, -0.2) is 0 Å². The van der Waals surface area contributed by atoms with Crippen molar-refractivity contribution in [1.29, 1.82) is 0 Å². The van der Waals surface area contributed by atoms with Crippen molar-refractivity contribution in [3.63, 3.8) is 0 Å². The lowest BCUT2D eigenvalue weighted by molar-refractivity contribution is -0.127. The van der Waals surface area contributed by atoms with Gasteiger partial charge in [0, 0.05) is 18.7 Å². The van der Waals surface area contributed by atoms with Gasteiger partial charge in [0.05, 0.1) is 22.0 Å². The molecule has 1 saturated heterocycles. The lowest BCUT2D eigenvalue weighted by Crippen LogP contribution is -2.51. The van der Waals surface area contributed by atoms with Crippen LogP contribution in [0.15, 0.2) is 12.1 Å². The van der Waals surface area contributed by atoms with Crippen molar-refractivity contribution in [2.75, 3.05) is 13.1 Å². The summed E-state index contributed by atoms with van der Waals surface area (Å²) in [5.41, 5.74) is 0.449. The van der Waals surface area contributed by atoms with Crippen LogP contribution >= 0.6 is 23.2 Å². The Morgan fingerprint density at radius 2 is 2.17 bits per heavy atom. The highest BCUT2D eigenvalue weighted by atomic mass is 35.5. The number of carbonyl (C=O) groups excluding carboxylic acids is 1. The minimum atomic E-state index is -0.385. The summed E-state index contributed by atoms with van der Waals surface area (Å²) in [5.74, 6) is -0.0202. The Bertz CT molecular complexity index is 475. The number of nitrogens with one attached hydrogen (secondary N) is 2. The van der Waals surface area contributed by atoms with Gasteiger partial charge in [-0.15, -0.1) is 0 Å². The maximum Gasteiger partial charge on any atom is 0.226 e. The van der Waals surface area contributed by atoms with E-state index < -0.39 is 0 Å². The fourth-order valence-corrected chi connectivity index (χ4v) is 2.33. The van der Waals surface area contributed by atoms with Gasteiger partial charge in [0.1, 0.15) is 5.75 Å². The second kappa shape index (κ2) is 5.34. The largest absolute Gasteiger partial charge is 0.508 e. The zero-order valence-electron chi connectivity index (χ0n) is 9.84. The molecule has 18 heavy (non-hydrogen) atoms. The van der Waals surface area contributed by atoms with Crippen LogP contribution in [0.1, 0.15) is 18.5 Å². The molecule has 0 radical (unpaired) electrons. The number of halogens is 2. The number of phenols is 1. The molecule has 1 aromatic rings. The average molecular weight is 289 g/mol. The molecule has 0 aliphatic carbocycles. The van der Waals surface area contributed by atoms with Crippen molar-refractivity contribution in [3.8, 4) is 5.75 Å². The molecule has 1 aliphatic heterocycles. The molecule has 1 atom stereocenters. The van der Waals surface area contributed by atoms with Crippen molar-refractivity contribution in [2.24, 2.45) is 5.92 Å². The summed E-state index contributed by atoms with van der Waals surface area (Å²) in [5, 5.41) is 16.3. The topological polar surface area (TPSA) is 61.4 Å². The summed E-state index contributed by atoms with van der Waals surface area (Å²) in [4.78, 5) is 11.8. The molecule has 98 valence electrons. The van der Waals surface area contributed by atoms with E-state index in [2.05, 4.69) is 10.6 Å². The van der Waals surface area contributed by atoms with Gasteiger partial charge in [-0.2, -0.15) is 0 Å². The molecule has 0 aromatic heterocycles. The Morgan fingerprint density at radius 3 is 2.72 bits per heavy atom. The lowest BCUT2D eigenvalue weighted by atomic mass is 10.0. The quantitative estimate of drug-likeness (QED) is 0.798. The number of aromatic hydroxyl groups is 1. The number of phenolic OH excluding ortho intramolecular Hbond substituents is 1. The predicted molar refractivity (Wildman–Crippen MR) is 71.0 cm³/mol. The van der Waals surface area contributed by atoms with E-state index in [1.807, 2.05) is 0 Å². The van der Waals surface area contributed by atoms with Crippen LogP contribution in [0.5, 0.6) is 5.75 Å². The van der Waals surface area contributed by atoms with Gasteiger partial charge >= 0.3 is 0 Å². The molecule has 4 nitrogen and oxygen atoms in total. The maximum atomic E-state index is 11.8. The number of carbonyl (C=O) groups is 1. The number of benzene rings is 1. The maximum absolute atomic E-state index is 11.8. The van der Waals surface area contributed by atoms with Crippen molar-refractivity contribution in [3.05, 3.63) is 27.7 Å².